The summed E-state index contributed by atoms with van der Waals surface area (Å²) in [7, 11) is 0. The summed E-state index contributed by atoms with van der Waals surface area (Å²) in [4.78, 5) is 12.7. The van der Waals surface area contributed by atoms with Crippen LogP contribution in [0.4, 0.5) is 0 Å². The van der Waals surface area contributed by atoms with Gasteiger partial charge in [0.2, 0.25) is 0 Å². The molecule has 1 heterocycles. The number of benzene rings is 1. The zero-order chi connectivity index (χ0) is 20.5. The highest BCUT2D eigenvalue weighted by atomic mass is 16.5. The molecule has 1 unspecified atom stereocenters. The first-order valence-electron chi connectivity index (χ1n) is 10.8. The second kappa shape index (κ2) is 11.0. The molecular weight excluding hydrogens is 348 g/mol. The summed E-state index contributed by atoms with van der Waals surface area (Å²) in [6, 6.07) is 7.99. The van der Waals surface area contributed by atoms with Gasteiger partial charge in [0.1, 0.15) is 5.75 Å². The highest BCUT2D eigenvalue weighted by Crippen LogP contribution is 2.28. The Labute approximate surface area is 170 Å². The maximum absolute atomic E-state index is 12.7. The Morgan fingerprint density at radius 3 is 2.54 bits per heavy atom. The van der Waals surface area contributed by atoms with Crippen LogP contribution >= 0.6 is 0 Å². The fourth-order valence-corrected chi connectivity index (χ4v) is 3.62. The lowest BCUT2D eigenvalue weighted by molar-refractivity contribution is 0.0817. The van der Waals surface area contributed by atoms with E-state index >= 15 is 0 Å². The molecule has 0 saturated carbocycles. The molecule has 4 heteroatoms. The number of carbonyl (C=O) groups is 1. The van der Waals surface area contributed by atoms with Crippen molar-refractivity contribution in [2.75, 3.05) is 6.61 Å². The summed E-state index contributed by atoms with van der Waals surface area (Å²) < 4.78 is 7.43. The fourth-order valence-electron chi connectivity index (χ4n) is 3.62. The molecule has 0 spiro atoms. The average molecular weight is 385 g/mol. The van der Waals surface area contributed by atoms with Gasteiger partial charge in [-0.1, -0.05) is 64.7 Å². The van der Waals surface area contributed by atoms with Crippen molar-refractivity contribution in [2.24, 2.45) is 0 Å². The van der Waals surface area contributed by atoms with Crippen LogP contribution < -0.4 is 4.74 Å². The Hall–Kier alpha value is -2.10. The van der Waals surface area contributed by atoms with Crippen molar-refractivity contribution in [2.45, 2.75) is 85.5 Å². The molecule has 0 bridgehead atoms. The molecule has 0 N–H and O–H groups in total. The zero-order valence-corrected chi connectivity index (χ0v) is 18.3. The van der Waals surface area contributed by atoms with Gasteiger partial charge in [-0.15, -0.1) is 0 Å². The maximum atomic E-state index is 12.7. The molecule has 0 aliphatic carbocycles. The minimum absolute atomic E-state index is 0.00531. The lowest BCUT2D eigenvalue weighted by atomic mass is 9.98. The molecule has 0 fully saturated rings. The summed E-state index contributed by atoms with van der Waals surface area (Å²) in [6.45, 7) is 10.6. The smallest absolute Gasteiger partial charge is 0.284 e. The van der Waals surface area contributed by atoms with Gasteiger partial charge in [-0.3, -0.25) is 4.79 Å². The quantitative estimate of drug-likeness (QED) is 0.430. The van der Waals surface area contributed by atoms with Crippen LogP contribution in [0.2, 0.25) is 0 Å². The SMILES string of the molecule is CCCCCCCc1c(C)nn(C(=O)COc2ccccc2C(C)CC)c1C. The molecule has 28 heavy (non-hydrogen) atoms. The lowest BCUT2D eigenvalue weighted by Gasteiger charge is -2.15. The number of carbonyl (C=O) groups excluding carboxylic acids is 1. The van der Waals surface area contributed by atoms with E-state index in [9.17, 15) is 4.79 Å². The molecule has 4 nitrogen and oxygen atoms in total. The van der Waals surface area contributed by atoms with Crippen LogP contribution in [0.3, 0.4) is 0 Å². The topological polar surface area (TPSA) is 44.1 Å². The molecule has 2 aromatic rings. The number of para-hydroxylation sites is 1. The number of ether oxygens (including phenoxy) is 1. The third kappa shape index (κ3) is 5.70. The average Bonchev–Trinajstić information content (AvgIpc) is 2.99. The van der Waals surface area contributed by atoms with E-state index in [4.69, 9.17) is 4.74 Å². The van der Waals surface area contributed by atoms with Gasteiger partial charge in [0, 0.05) is 5.69 Å². The van der Waals surface area contributed by atoms with E-state index in [0.717, 1.165) is 42.0 Å². The second-order valence-corrected chi connectivity index (χ2v) is 7.75. The fraction of sp³-hybridized carbons (Fsp3) is 0.583. The highest BCUT2D eigenvalue weighted by molar-refractivity contribution is 5.80. The molecule has 0 amide bonds. The third-order valence-electron chi connectivity index (χ3n) is 5.62. The van der Waals surface area contributed by atoms with Crippen LogP contribution in [0.5, 0.6) is 5.75 Å². The van der Waals surface area contributed by atoms with Crippen LogP contribution in [-0.2, 0) is 6.42 Å². The summed E-state index contributed by atoms with van der Waals surface area (Å²) in [5.41, 5.74) is 4.28. The standard InChI is InChI=1S/C24H36N2O2/c1-6-8-9-10-11-15-22-19(4)25-26(20(22)5)24(27)17-28-23-16-13-12-14-21(23)18(3)7-2/h12-14,16,18H,6-11,15,17H2,1-5H3. The van der Waals surface area contributed by atoms with Crippen molar-refractivity contribution in [1.82, 2.24) is 9.78 Å². The van der Waals surface area contributed by atoms with Crippen molar-refractivity contribution in [3.8, 4) is 5.75 Å². The summed E-state index contributed by atoms with van der Waals surface area (Å²) in [6.07, 6.45) is 8.25. The summed E-state index contributed by atoms with van der Waals surface area (Å²) in [5.74, 6) is 1.08. The molecule has 154 valence electrons. The number of unbranched alkanes of at least 4 members (excludes halogenated alkanes) is 4. The van der Waals surface area contributed by atoms with E-state index in [1.54, 1.807) is 0 Å². The van der Waals surface area contributed by atoms with Crippen LogP contribution in [0.1, 0.15) is 92.5 Å². The van der Waals surface area contributed by atoms with Crippen molar-refractivity contribution < 1.29 is 9.53 Å². The predicted molar refractivity (Wildman–Crippen MR) is 115 cm³/mol. The second-order valence-electron chi connectivity index (χ2n) is 7.75. The van der Waals surface area contributed by atoms with Gasteiger partial charge in [-0.25, -0.2) is 4.68 Å². The van der Waals surface area contributed by atoms with Gasteiger partial charge in [-0.05, 0) is 56.2 Å². The molecule has 0 aliphatic heterocycles. The molecule has 0 aliphatic rings. The number of aromatic nitrogens is 2. The van der Waals surface area contributed by atoms with Crippen LogP contribution in [-0.4, -0.2) is 22.3 Å². The number of hydrogen-bond acceptors (Lipinski definition) is 3. The Morgan fingerprint density at radius 1 is 1.11 bits per heavy atom. The number of aryl methyl sites for hydroxylation is 1. The van der Waals surface area contributed by atoms with Crippen molar-refractivity contribution >= 4 is 5.91 Å². The van der Waals surface area contributed by atoms with E-state index in [1.807, 2.05) is 32.0 Å². The molecule has 2 rings (SSSR count). The van der Waals surface area contributed by atoms with E-state index in [-0.39, 0.29) is 12.5 Å². The van der Waals surface area contributed by atoms with E-state index in [2.05, 4.69) is 31.9 Å². The summed E-state index contributed by atoms with van der Waals surface area (Å²) in [5, 5.41) is 4.50. The lowest BCUT2D eigenvalue weighted by Crippen LogP contribution is -2.22. The molecular formula is C24H36N2O2. The Balaban J connectivity index is 2.01. The predicted octanol–water partition coefficient (Wildman–Crippen LogP) is 6.25. The third-order valence-corrected chi connectivity index (χ3v) is 5.62. The molecule has 1 aromatic carbocycles. The molecule has 1 atom stereocenters. The highest BCUT2D eigenvalue weighted by Gasteiger charge is 2.18. The van der Waals surface area contributed by atoms with Crippen LogP contribution in [0.15, 0.2) is 24.3 Å². The van der Waals surface area contributed by atoms with Crippen LogP contribution in [0.25, 0.3) is 0 Å². The van der Waals surface area contributed by atoms with Crippen molar-refractivity contribution in [3.05, 3.63) is 46.8 Å². The Kier molecular flexibility index (Phi) is 8.75. The van der Waals surface area contributed by atoms with Gasteiger partial charge < -0.3 is 4.74 Å². The van der Waals surface area contributed by atoms with Gasteiger partial charge in [0.15, 0.2) is 6.61 Å². The van der Waals surface area contributed by atoms with E-state index in [1.165, 1.54) is 35.9 Å². The molecule has 1 aromatic heterocycles. The van der Waals surface area contributed by atoms with E-state index in [0.29, 0.717) is 5.92 Å². The van der Waals surface area contributed by atoms with Crippen molar-refractivity contribution in [3.63, 3.8) is 0 Å². The minimum Gasteiger partial charge on any atom is -0.483 e. The van der Waals surface area contributed by atoms with Gasteiger partial charge in [0.25, 0.3) is 5.91 Å². The van der Waals surface area contributed by atoms with E-state index < -0.39 is 0 Å². The summed E-state index contributed by atoms with van der Waals surface area (Å²) >= 11 is 0. The maximum Gasteiger partial charge on any atom is 0.284 e. The largest absolute Gasteiger partial charge is 0.483 e. The van der Waals surface area contributed by atoms with Gasteiger partial charge in [-0.2, -0.15) is 5.10 Å². The number of hydrogen-bond donors (Lipinski definition) is 0. The Bertz CT molecular complexity index is 764. The first kappa shape index (κ1) is 22.2. The number of rotatable bonds is 11. The first-order chi connectivity index (χ1) is 13.5. The Morgan fingerprint density at radius 2 is 1.82 bits per heavy atom. The molecule has 0 saturated heterocycles. The van der Waals surface area contributed by atoms with Crippen LogP contribution in [0, 0.1) is 13.8 Å². The number of nitrogens with zero attached hydrogens (tertiary/aromatic N) is 2. The molecule has 0 radical (unpaired) electrons. The first-order valence-corrected chi connectivity index (χ1v) is 10.8. The van der Waals surface area contributed by atoms with Gasteiger partial charge in [0.05, 0.1) is 5.69 Å². The normalized spacial score (nSPS) is 12.2. The van der Waals surface area contributed by atoms with Crippen molar-refractivity contribution in [1.29, 1.82) is 0 Å². The minimum atomic E-state index is -0.114. The van der Waals surface area contributed by atoms with Gasteiger partial charge >= 0.3 is 0 Å². The zero-order valence-electron chi connectivity index (χ0n) is 18.3. The monoisotopic (exact) mass is 384 g/mol.